The number of nitrogens with zero attached hydrogens (tertiary/aromatic N) is 1. The second kappa shape index (κ2) is 5.30. The van der Waals surface area contributed by atoms with Crippen LogP contribution < -0.4 is 4.90 Å². The molecule has 24 heavy (non-hydrogen) atoms. The van der Waals surface area contributed by atoms with Crippen molar-refractivity contribution in [2.45, 2.75) is 39.2 Å². The number of carbonyl (C=O) groups excluding carboxylic acids is 2. The number of hydrogen-bond donors (Lipinski definition) is 0. The second-order valence-electron chi connectivity index (χ2n) is 7.15. The molecule has 3 nitrogen and oxygen atoms in total. The van der Waals surface area contributed by atoms with E-state index in [0.29, 0.717) is 19.3 Å². The monoisotopic (exact) mass is 319 g/mol. The Labute approximate surface area is 142 Å². The summed E-state index contributed by atoms with van der Waals surface area (Å²) in [6.45, 7) is 4.07. The van der Waals surface area contributed by atoms with E-state index >= 15 is 0 Å². The van der Waals surface area contributed by atoms with Crippen LogP contribution in [0.2, 0.25) is 0 Å². The molecule has 2 fully saturated rings. The number of rotatable bonds is 2. The molecule has 1 amide bonds. The molecule has 1 heterocycles. The highest BCUT2D eigenvalue weighted by Gasteiger charge is 2.61. The lowest BCUT2D eigenvalue weighted by molar-refractivity contribution is -0.137. The van der Waals surface area contributed by atoms with Crippen molar-refractivity contribution in [2.75, 3.05) is 4.90 Å². The van der Waals surface area contributed by atoms with Crippen LogP contribution in [-0.4, -0.2) is 11.7 Å². The molecule has 2 aliphatic rings. The lowest BCUT2D eigenvalue weighted by Crippen LogP contribution is -2.49. The largest absolute Gasteiger partial charge is 0.304 e. The summed E-state index contributed by atoms with van der Waals surface area (Å²) < 4.78 is 0. The van der Waals surface area contributed by atoms with Gasteiger partial charge in [0.15, 0.2) is 5.78 Å². The highest BCUT2D eigenvalue weighted by atomic mass is 16.2. The standard InChI is InChI=1S/C21H21NO2/c1-14-3-7-16(8-4-14)18-13-19(23)21(11-12-21)20(24)22(18)17-9-5-15(2)6-10-17/h3-10,18H,11-13H2,1-2H3. The number of carbonyl (C=O) groups is 2. The summed E-state index contributed by atoms with van der Waals surface area (Å²) in [7, 11) is 0. The van der Waals surface area contributed by atoms with Gasteiger partial charge in [-0.2, -0.15) is 0 Å². The second-order valence-corrected chi connectivity index (χ2v) is 7.15. The zero-order valence-electron chi connectivity index (χ0n) is 14.1. The highest BCUT2D eigenvalue weighted by molar-refractivity contribution is 6.17. The van der Waals surface area contributed by atoms with Crippen molar-refractivity contribution < 1.29 is 9.59 Å². The van der Waals surface area contributed by atoms with Crippen molar-refractivity contribution in [1.82, 2.24) is 0 Å². The maximum absolute atomic E-state index is 13.2. The molecule has 1 spiro atoms. The van der Waals surface area contributed by atoms with Gasteiger partial charge in [0, 0.05) is 12.1 Å². The first-order chi connectivity index (χ1) is 11.5. The number of piperidine rings is 1. The number of benzene rings is 2. The molecule has 0 aromatic heterocycles. The van der Waals surface area contributed by atoms with Gasteiger partial charge in [-0.25, -0.2) is 0 Å². The number of amides is 1. The fourth-order valence-electron chi connectivity index (χ4n) is 3.63. The van der Waals surface area contributed by atoms with Gasteiger partial charge >= 0.3 is 0 Å². The molecule has 3 heteroatoms. The summed E-state index contributed by atoms with van der Waals surface area (Å²) in [5.41, 5.74) is 3.51. The normalized spacial score (nSPS) is 22.1. The molecule has 1 aliphatic heterocycles. The minimum absolute atomic E-state index is 0.0202. The van der Waals surface area contributed by atoms with Crippen LogP contribution >= 0.6 is 0 Å². The van der Waals surface area contributed by atoms with E-state index < -0.39 is 5.41 Å². The average molecular weight is 319 g/mol. The number of anilines is 1. The zero-order chi connectivity index (χ0) is 16.9. The fraction of sp³-hybridized carbons (Fsp3) is 0.333. The summed E-state index contributed by atoms with van der Waals surface area (Å²) in [6, 6.07) is 16.0. The van der Waals surface area contributed by atoms with Crippen molar-refractivity contribution >= 4 is 17.4 Å². The Bertz CT molecular complexity index is 801. The Hall–Kier alpha value is -2.42. The van der Waals surface area contributed by atoms with Crippen LogP contribution in [0.15, 0.2) is 48.5 Å². The first-order valence-corrected chi connectivity index (χ1v) is 8.51. The molecule has 0 radical (unpaired) electrons. The Morgan fingerprint density at radius 1 is 0.875 bits per heavy atom. The average Bonchev–Trinajstić information content (AvgIpc) is 3.37. The molecule has 122 valence electrons. The van der Waals surface area contributed by atoms with Gasteiger partial charge in [0.1, 0.15) is 5.41 Å². The van der Waals surface area contributed by atoms with E-state index in [-0.39, 0.29) is 17.7 Å². The Kier molecular flexibility index (Phi) is 3.34. The Morgan fingerprint density at radius 3 is 1.96 bits per heavy atom. The van der Waals surface area contributed by atoms with Crippen LogP contribution in [0.3, 0.4) is 0 Å². The summed E-state index contributed by atoms with van der Waals surface area (Å²) in [5, 5.41) is 0. The molecule has 1 saturated heterocycles. The number of hydrogen-bond acceptors (Lipinski definition) is 2. The molecule has 0 N–H and O–H groups in total. The van der Waals surface area contributed by atoms with Crippen LogP contribution in [0.1, 0.15) is 42.0 Å². The third-order valence-corrected chi connectivity index (χ3v) is 5.38. The smallest absolute Gasteiger partial charge is 0.241 e. The molecule has 2 aromatic rings. The van der Waals surface area contributed by atoms with Crippen LogP contribution in [-0.2, 0) is 9.59 Å². The fourth-order valence-corrected chi connectivity index (χ4v) is 3.63. The van der Waals surface area contributed by atoms with Gasteiger partial charge in [0.05, 0.1) is 6.04 Å². The molecule has 4 rings (SSSR count). The van der Waals surface area contributed by atoms with Gasteiger partial charge < -0.3 is 4.90 Å². The van der Waals surface area contributed by atoms with E-state index in [1.54, 1.807) is 0 Å². The highest BCUT2D eigenvalue weighted by Crippen LogP contribution is 2.54. The van der Waals surface area contributed by atoms with E-state index in [4.69, 9.17) is 0 Å². The van der Waals surface area contributed by atoms with E-state index in [1.165, 1.54) is 5.56 Å². The maximum atomic E-state index is 13.2. The third-order valence-electron chi connectivity index (χ3n) is 5.38. The van der Waals surface area contributed by atoms with Crippen LogP contribution in [0.25, 0.3) is 0 Å². The molecular weight excluding hydrogens is 298 g/mol. The number of aryl methyl sites for hydroxylation is 2. The van der Waals surface area contributed by atoms with E-state index in [9.17, 15) is 9.59 Å². The van der Waals surface area contributed by atoms with Crippen LogP contribution in [0.5, 0.6) is 0 Å². The van der Waals surface area contributed by atoms with Gasteiger partial charge in [0.25, 0.3) is 0 Å². The van der Waals surface area contributed by atoms with Crippen molar-refractivity contribution in [2.24, 2.45) is 5.41 Å². The Morgan fingerprint density at radius 2 is 1.42 bits per heavy atom. The van der Waals surface area contributed by atoms with Crippen molar-refractivity contribution in [3.05, 3.63) is 65.2 Å². The molecule has 1 aliphatic carbocycles. The van der Waals surface area contributed by atoms with Gasteiger partial charge in [-0.15, -0.1) is 0 Å². The number of ketones is 1. The summed E-state index contributed by atoms with van der Waals surface area (Å²) in [6.07, 6.45) is 1.81. The first kappa shape index (κ1) is 15.1. The predicted octanol–water partition coefficient (Wildman–Crippen LogP) is 4.13. The van der Waals surface area contributed by atoms with E-state index in [2.05, 4.69) is 0 Å². The SMILES string of the molecule is Cc1ccc(C2CC(=O)C3(CC3)C(=O)N2c2ccc(C)cc2)cc1. The topological polar surface area (TPSA) is 37.4 Å². The lowest BCUT2D eigenvalue weighted by atomic mass is 9.84. The minimum Gasteiger partial charge on any atom is -0.304 e. The van der Waals surface area contributed by atoms with Crippen LogP contribution in [0, 0.1) is 19.3 Å². The van der Waals surface area contributed by atoms with Gasteiger partial charge in [0.2, 0.25) is 5.91 Å². The lowest BCUT2D eigenvalue weighted by Gasteiger charge is -2.39. The van der Waals surface area contributed by atoms with E-state index in [1.807, 2.05) is 67.3 Å². The first-order valence-electron chi connectivity index (χ1n) is 8.51. The maximum Gasteiger partial charge on any atom is 0.241 e. The molecule has 1 saturated carbocycles. The van der Waals surface area contributed by atoms with Gasteiger partial charge in [-0.1, -0.05) is 47.5 Å². The van der Waals surface area contributed by atoms with Crippen LogP contribution in [0.4, 0.5) is 5.69 Å². The predicted molar refractivity (Wildman–Crippen MR) is 93.9 cm³/mol. The quantitative estimate of drug-likeness (QED) is 0.781. The molecule has 1 atom stereocenters. The third kappa shape index (κ3) is 2.27. The summed E-state index contributed by atoms with van der Waals surface area (Å²) in [5.74, 6) is 0.0922. The van der Waals surface area contributed by atoms with E-state index in [0.717, 1.165) is 16.8 Å². The molecule has 2 aromatic carbocycles. The van der Waals surface area contributed by atoms with Gasteiger partial charge in [-0.05, 0) is 44.4 Å². The molecule has 1 unspecified atom stereocenters. The summed E-state index contributed by atoms with van der Waals surface area (Å²) >= 11 is 0. The minimum atomic E-state index is -0.730. The molecular formula is C21H21NO2. The Balaban J connectivity index is 1.79. The summed E-state index contributed by atoms with van der Waals surface area (Å²) in [4.78, 5) is 27.6. The van der Waals surface area contributed by atoms with Gasteiger partial charge in [-0.3, -0.25) is 9.59 Å². The van der Waals surface area contributed by atoms with Crippen molar-refractivity contribution in [1.29, 1.82) is 0 Å². The van der Waals surface area contributed by atoms with Crippen molar-refractivity contribution in [3.63, 3.8) is 0 Å². The molecule has 0 bridgehead atoms. The number of Topliss-reactive ketones (excluding diaryl/α,β-unsaturated/α-hetero) is 1. The zero-order valence-corrected chi connectivity index (χ0v) is 14.1. The van der Waals surface area contributed by atoms with Crippen molar-refractivity contribution in [3.8, 4) is 0 Å².